The van der Waals surface area contributed by atoms with Crippen LogP contribution in [0, 0.1) is 0 Å². The van der Waals surface area contributed by atoms with Gasteiger partial charge < -0.3 is 5.11 Å². The van der Waals surface area contributed by atoms with Crippen LogP contribution in [-0.2, 0) is 16.4 Å². The lowest BCUT2D eigenvalue weighted by atomic mass is 9.95. The molecule has 0 amide bonds. The topological polar surface area (TPSA) is 66.4 Å². The number of phenols is 1. The molecular weight excluding hydrogens is 294 g/mol. The molecule has 1 aromatic heterocycles. The van der Waals surface area contributed by atoms with Gasteiger partial charge in [-0.25, -0.2) is 13.1 Å². The molecule has 1 aromatic carbocycles. The molecule has 2 N–H and O–H groups in total. The third-order valence-electron chi connectivity index (χ3n) is 3.48. The van der Waals surface area contributed by atoms with Crippen LogP contribution in [0.3, 0.4) is 0 Å². The summed E-state index contributed by atoms with van der Waals surface area (Å²) in [4.78, 5) is 1.36. The quantitative estimate of drug-likeness (QED) is 0.916. The first-order chi connectivity index (χ1) is 9.56. The molecule has 0 saturated heterocycles. The molecule has 0 radical (unpaired) electrons. The van der Waals surface area contributed by atoms with Crippen molar-refractivity contribution in [2.45, 2.75) is 30.2 Å². The average molecular weight is 309 g/mol. The molecule has 1 aliphatic carbocycles. The van der Waals surface area contributed by atoms with Crippen molar-refractivity contribution >= 4 is 21.4 Å². The number of hydrogen-bond donors (Lipinski definition) is 2. The van der Waals surface area contributed by atoms with E-state index in [2.05, 4.69) is 4.72 Å². The zero-order valence-electron chi connectivity index (χ0n) is 10.7. The Balaban J connectivity index is 1.89. The maximum Gasteiger partial charge on any atom is 0.241 e. The van der Waals surface area contributed by atoms with Gasteiger partial charge in [0.2, 0.25) is 10.0 Å². The Kier molecular flexibility index (Phi) is 3.54. The molecule has 0 fully saturated rings. The van der Waals surface area contributed by atoms with Gasteiger partial charge >= 0.3 is 0 Å². The van der Waals surface area contributed by atoms with Crippen LogP contribution in [0.5, 0.6) is 5.75 Å². The van der Waals surface area contributed by atoms with Gasteiger partial charge in [-0.05, 0) is 54.5 Å². The number of aryl methyl sites for hydroxylation is 1. The lowest BCUT2D eigenvalue weighted by Gasteiger charge is -2.23. The summed E-state index contributed by atoms with van der Waals surface area (Å²) < 4.78 is 27.5. The number of sulfonamides is 1. The van der Waals surface area contributed by atoms with Crippen molar-refractivity contribution in [3.8, 4) is 5.75 Å². The summed E-state index contributed by atoms with van der Waals surface area (Å²) in [5.74, 6) is -0.0484. The first-order valence-corrected chi connectivity index (χ1v) is 8.80. The van der Waals surface area contributed by atoms with E-state index in [0.717, 1.165) is 24.8 Å². The number of aromatic hydroxyl groups is 1. The van der Waals surface area contributed by atoms with Gasteiger partial charge in [-0.2, -0.15) is 0 Å². The molecule has 4 nitrogen and oxygen atoms in total. The summed E-state index contributed by atoms with van der Waals surface area (Å²) in [6, 6.07) is 7.56. The number of thiophene rings is 1. The van der Waals surface area contributed by atoms with Crippen molar-refractivity contribution in [2.75, 3.05) is 0 Å². The maximum atomic E-state index is 12.4. The lowest BCUT2D eigenvalue weighted by Crippen LogP contribution is -2.30. The Bertz CT molecular complexity index is 722. The highest BCUT2D eigenvalue weighted by Crippen LogP contribution is 2.34. The molecule has 1 atom stereocenters. The van der Waals surface area contributed by atoms with E-state index in [1.807, 2.05) is 11.4 Å². The third-order valence-corrected chi connectivity index (χ3v) is 5.94. The van der Waals surface area contributed by atoms with Crippen LogP contribution in [0.1, 0.15) is 29.3 Å². The molecule has 0 bridgehead atoms. The molecule has 0 saturated carbocycles. The van der Waals surface area contributed by atoms with E-state index >= 15 is 0 Å². The molecule has 0 aliphatic heterocycles. The molecular formula is C14H15NO3S2. The Morgan fingerprint density at radius 1 is 1.30 bits per heavy atom. The summed E-state index contributed by atoms with van der Waals surface area (Å²) in [7, 11) is -3.61. The van der Waals surface area contributed by atoms with Gasteiger partial charge in [0.05, 0.1) is 4.90 Å². The van der Waals surface area contributed by atoms with Crippen LogP contribution in [0.2, 0.25) is 0 Å². The van der Waals surface area contributed by atoms with Gasteiger partial charge in [-0.15, -0.1) is 11.3 Å². The fraction of sp³-hybridized carbons (Fsp3) is 0.286. The van der Waals surface area contributed by atoms with E-state index in [1.165, 1.54) is 29.1 Å². The molecule has 1 heterocycles. The van der Waals surface area contributed by atoms with E-state index in [1.54, 1.807) is 11.3 Å². The smallest absolute Gasteiger partial charge is 0.241 e. The number of rotatable bonds is 3. The third kappa shape index (κ3) is 2.59. The standard InChI is InChI=1S/C14H15NO3S2/c16-10-3-1-4-11(9-10)20(17,18)15-13-5-2-6-14-12(13)7-8-19-14/h1,3-4,7-9,13,15-16H,2,5-6H2. The Morgan fingerprint density at radius 2 is 2.15 bits per heavy atom. The number of phenolic OH excluding ortho intramolecular Hbond substituents is 1. The van der Waals surface area contributed by atoms with E-state index in [-0.39, 0.29) is 16.7 Å². The van der Waals surface area contributed by atoms with Crippen molar-refractivity contribution in [3.05, 3.63) is 46.2 Å². The summed E-state index contributed by atoms with van der Waals surface area (Å²) in [5.41, 5.74) is 1.09. The predicted octanol–water partition coefficient (Wildman–Crippen LogP) is 2.81. The lowest BCUT2D eigenvalue weighted by molar-refractivity contribution is 0.472. The van der Waals surface area contributed by atoms with Crippen molar-refractivity contribution in [2.24, 2.45) is 0 Å². The summed E-state index contributed by atoms with van der Waals surface area (Å²) in [5, 5.41) is 11.4. The zero-order chi connectivity index (χ0) is 14.2. The van der Waals surface area contributed by atoms with Gasteiger partial charge in [0.1, 0.15) is 5.75 Å². The second-order valence-corrected chi connectivity index (χ2v) is 7.58. The van der Waals surface area contributed by atoms with Crippen LogP contribution in [0.25, 0.3) is 0 Å². The van der Waals surface area contributed by atoms with Gasteiger partial charge in [0.25, 0.3) is 0 Å². The second kappa shape index (κ2) is 5.20. The molecule has 20 heavy (non-hydrogen) atoms. The highest BCUT2D eigenvalue weighted by Gasteiger charge is 2.26. The fourth-order valence-corrected chi connectivity index (χ4v) is 4.79. The van der Waals surface area contributed by atoms with Crippen molar-refractivity contribution in [1.82, 2.24) is 4.72 Å². The molecule has 1 unspecified atom stereocenters. The van der Waals surface area contributed by atoms with E-state index in [0.29, 0.717) is 0 Å². The normalized spacial score (nSPS) is 18.7. The zero-order valence-corrected chi connectivity index (χ0v) is 12.4. The van der Waals surface area contributed by atoms with Crippen LogP contribution in [-0.4, -0.2) is 13.5 Å². The average Bonchev–Trinajstić information content (AvgIpc) is 2.88. The van der Waals surface area contributed by atoms with E-state index < -0.39 is 10.0 Å². The number of benzene rings is 1. The van der Waals surface area contributed by atoms with Crippen LogP contribution < -0.4 is 4.72 Å². The maximum absolute atomic E-state index is 12.4. The summed E-state index contributed by atoms with van der Waals surface area (Å²) in [6.07, 6.45) is 2.82. The molecule has 0 spiro atoms. The van der Waals surface area contributed by atoms with Gasteiger partial charge in [0.15, 0.2) is 0 Å². The highest BCUT2D eigenvalue weighted by atomic mass is 32.2. The monoisotopic (exact) mass is 309 g/mol. The molecule has 6 heteroatoms. The Hall–Kier alpha value is -1.37. The van der Waals surface area contributed by atoms with Gasteiger partial charge in [0, 0.05) is 10.9 Å². The number of nitrogens with one attached hydrogen (secondary N) is 1. The minimum Gasteiger partial charge on any atom is -0.508 e. The predicted molar refractivity (Wildman–Crippen MR) is 78.4 cm³/mol. The van der Waals surface area contributed by atoms with Crippen molar-refractivity contribution < 1.29 is 13.5 Å². The van der Waals surface area contributed by atoms with Crippen LogP contribution in [0.4, 0.5) is 0 Å². The SMILES string of the molecule is O=S(=O)(NC1CCCc2sccc21)c1cccc(O)c1. The van der Waals surface area contributed by atoms with Crippen LogP contribution in [0.15, 0.2) is 40.6 Å². The molecule has 3 rings (SSSR count). The van der Waals surface area contributed by atoms with Crippen LogP contribution >= 0.6 is 11.3 Å². The molecule has 1 aliphatic rings. The van der Waals surface area contributed by atoms with Gasteiger partial charge in [-0.1, -0.05) is 6.07 Å². The second-order valence-electron chi connectivity index (χ2n) is 4.86. The number of fused-ring (bicyclic) bond motifs is 1. The Labute approximate surface area is 122 Å². The van der Waals surface area contributed by atoms with Crippen molar-refractivity contribution in [3.63, 3.8) is 0 Å². The highest BCUT2D eigenvalue weighted by molar-refractivity contribution is 7.89. The largest absolute Gasteiger partial charge is 0.508 e. The first-order valence-electron chi connectivity index (χ1n) is 6.44. The minimum absolute atomic E-state index is 0.0484. The summed E-state index contributed by atoms with van der Waals surface area (Å²) >= 11 is 1.68. The fourth-order valence-electron chi connectivity index (χ4n) is 2.51. The molecule has 2 aromatic rings. The van der Waals surface area contributed by atoms with E-state index in [9.17, 15) is 13.5 Å². The number of hydrogen-bond acceptors (Lipinski definition) is 4. The molecule has 106 valence electrons. The van der Waals surface area contributed by atoms with Crippen molar-refractivity contribution in [1.29, 1.82) is 0 Å². The minimum atomic E-state index is -3.61. The Morgan fingerprint density at radius 3 is 2.95 bits per heavy atom. The van der Waals surface area contributed by atoms with Gasteiger partial charge in [-0.3, -0.25) is 0 Å². The summed E-state index contributed by atoms with van der Waals surface area (Å²) in [6.45, 7) is 0. The first kappa shape index (κ1) is 13.6. The van der Waals surface area contributed by atoms with E-state index in [4.69, 9.17) is 0 Å².